The highest BCUT2D eigenvalue weighted by Crippen LogP contribution is 2.23. The minimum atomic E-state index is -0.0549. The second kappa shape index (κ2) is 7.62. The molecule has 5 heteroatoms. The van der Waals surface area contributed by atoms with Gasteiger partial charge in [-0.15, -0.1) is 0 Å². The molecule has 1 N–H and O–H groups in total. The molecule has 0 radical (unpaired) electrons. The average Bonchev–Trinajstić information content (AvgIpc) is 3.22. The van der Waals surface area contributed by atoms with Gasteiger partial charge in [0, 0.05) is 42.2 Å². The van der Waals surface area contributed by atoms with E-state index in [4.69, 9.17) is 4.74 Å². The monoisotopic (exact) mass is 328 g/mol. The Balaban J connectivity index is 1.73. The maximum atomic E-state index is 12.3. The van der Waals surface area contributed by atoms with Crippen LogP contribution in [-0.4, -0.2) is 35.5 Å². The van der Waals surface area contributed by atoms with E-state index in [1.807, 2.05) is 42.0 Å². The molecule has 5 nitrogen and oxygen atoms in total. The number of para-hydroxylation sites is 1. The number of nitrogens with one attached hydrogen (secondary N) is 1. The Morgan fingerprint density at radius 3 is 2.92 bits per heavy atom. The topological polar surface area (TPSA) is 60.3 Å². The number of amides is 1. The van der Waals surface area contributed by atoms with Crippen LogP contribution in [0.2, 0.25) is 0 Å². The molecule has 1 atom stereocenters. The van der Waals surface area contributed by atoms with Gasteiger partial charge in [0.1, 0.15) is 6.54 Å². The first-order chi connectivity index (χ1) is 11.7. The van der Waals surface area contributed by atoms with Crippen molar-refractivity contribution in [1.82, 2.24) is 9.88 Å². The SMILES string of the molecule is CCCC(=O)c1cn(CC(=O)NC[C@H]2CCCO2)c2ccccc12. The second-order valence-electron chi connectivity index (χ2n) is 6.30. The van der Waals surface area contributed by atoms with Crippen molar-refractivity contribution in [3.05, 3.63) is 36.0 Å². The normalized spacial score (nSPS) is 17.3. The number of rotatable bonds is 7. The van der Waals surface area contributed by atoms with Gasteiger partial charge in [-0.05, 0) is 25.3 Å². The molecular formula is C19H24N2O3. The Kier molecular flexibility index (Phi) is 5.30. The molecule has 1 aliphatic rings. The van der Waals surface area contributed by atoms with Crippen LogP contribution in [0.4, 0.5) is 0 Å². The molecule has 128 valence electrons. The number of aromatic nitrogens is 1. The van der Waals surface area contributed by atoms with E-state index in [2.05, 4.69) is 5.32 Å². The van der Waals surface area contributed by atoms with Gasteiger partial charge in [0.2, 0.25) is 5.91 Å². The summed E-state index contributed by atoms with van der Waals surface area (Å²) < 4.78 is 7.38. The zero-order valence-corrected chi connectivity index (χ0v) is 14.1. The zero-order valence-electron chi connectivity index (χ0n) is 14.1. The first-order valence-electron chi connectivity index (χ1n) is 8.68. The van der Waals surface area contributed by atoms with Crippen molar-refractivity contribution in [3.63, 3.8) is 0 Å². The summed E-state index contributed by atoms with van der Waals surface area (Å²) >= 11 is 0. The molecule has 1 aliphatic heterocycles. The molecule has 1 fully saturated rings. The predicted molar refractivity (Wildman–Crippen MR) is 93.2 cm³/mol. The molecule has 1 saturated heterocycles. The molecule has 1 aromatic heterocycles. The molecule has 0 bridgehead atoms. The van der Waals surface area contributed by atoms with Crippen LogP contribution in [0.1, 0.15) is 43.0 Å². The Hall–Kier alpha value is -2.14. The smallest absolute Gasteiger partial charge is 0.240 e. The Morgan fingerprint density at radius 2 is 2.17 bits per heavy atom. The lowest BCUT2D eigenvalue weighted by Crippen LogP contribution is -2.34. The van der Waals surface area contributed by atoms with Gasteiger partial charge in [0.25, 0.3) is 0 Å². The summed E-state index contributed by atoms with van der Waals surface area (Å²) in [7, 11) is 0. The summed E-state index contributed by atoms with van der Waals surface area (Å²) in [6.07, 6.45) is 5.36. The quantitative estimate of drug-likeness (QED) is 0.795. The standard InChI is InChI=1S/C19H24N2O3/c1-2-6-18(22)16-12-21(17-9-4-3-8-15(16)17)13-19(23)20-11-14-7-5-10-24-14/h3-4,8-9,12,14H,2,5-7,10-11,13H2,1H3,(H,20,23)/t14-/m1/s1. The van der Waals surface area contributed by atoms with E-state index in [1.165, 1.54) is 0 Å². The van der Waals surface area contributed by atoms with Gasteiger partial charge in [-0.2, -0.15) is 0 Å². The highest BCUT2D eigenvalue weighted by atomic mass is 16.5. The molecule has 1 amide bonds. The van der Waals surface area contributed by atoms with Crippen molar-refractivity contribution in [2.75, 3.05) is 13.2 Å². The highest BCUT2D eigenvalue weighted by molar-refractivity contribution is 6.08. The van der Waals surface area contributed by atoms with Crippen LogP contribution in [0, 0.1) is 0 Å². The minimum absolute atomic E-state index is 0.0549. The number of hydrogen-bond acceptors (Lipinski definition) is 3. The molecule has 1 aromatic carbocycles. The molecule has 0 saturated carbocycles. The lowest BCUT2D eigenvalue weighted by atomic mass is 10.1. The number of ether oxygens (including phenoxy) is 1. The fraction of sp³-hybridized carbons (Fsp3) is 0.474. The van der Waals surface area contributed by atoms with Gasteiger partial charge in [0.15, 0.2) is 5.78 Å². The number of carbonyl (C=O) groups excluding carboxylic acids is 2. The van der Waals surface area contributed by atoms with Crippen molar-refractivity contribution in [1.29, 1.82) is 0 Å². The van der Waals surface area contributed by atoms with Crippen LogP contribution >= 0.6 is 0 Å². The van der Waals surface area contributed by atoms with Crippen LogP contribution in [0.15, 0.2) is 30.5 Å². The maximum Gasteiger partial charge on any atom is 0.240 e. The Morgan fingerprint density at radius 1 is 1.33 bits per heavy atom. The van der Waals surface area contributed by atoms with E-state index in [1.54, 1.807) is 0 Å². The number of benzene rings is 1. The van der Waals surface area contributed by atoms with Crippen molar-refractivity contribution in [2.24, 2.45) is 0 Å². The van der Waals surface area contributed by atoms with Gasteiger partial charge in [-0.25, -0.2) is 0 Å². The predicted octanol–water partition coefficient (Wildman–Crippen LogP) is 2.92. The first kappa shape index (κ1) is 16.7. The maximum absolute atomic E-state index is 12.3. The van der Waals surface area contributed by atoms with Crippen molar-refractivity contribution < 1.29 is 14.3 Å². The third kappa shape index (κ3) is 3.67. The van der Waals surface area contributed by atoms with Crippen LogP contribution in [-0.2, 0) is 16.1 Å². The second-order valence-corrected chi connectivity index (χ2v) is 6.30. The molecule has 3 rings (SSSR count). The lowest BCUT2D eigenvalue weighted by Gasteiger charge is -2.11. The number of nitrogens with zero attached hydrogens (tertiary/aromatic N) is 1. The van der Waals surface area contributed by atoms with E-state index in [0.717, 1.165) is 36.8 Å². The summed E-state index contributed by atoms with van der Waals surface area (Å²) in [5, 5.41) is 3.85. The fourth-order valence-electron chi connectivity index (χ4n) is 3.21. The number of hydrogen-bond donors (Lipinski definition) is 1. The van der Waals surface area contributed by atoms with Crippen molar-refractivity contribution in [2.45, 2.75) is 45.3 Å². The van der Waals surface area contributed by atoms with Gasteiger partial charge in [0.05, 0.1) is 6.10 Å². The van der Waals surface area contributed by atoms with E-state index in [0.29, 0.717) is 18.5 Å². The summed E-state index contributed by atoms with van der Waals surface area (Å²) in [6, 6.07) is 7.74. The van der Waals surface area contributed by atoms with Gasteiger partial charge in [-0.3, -0.25) is 9.59 Å². The highest BCUT2D eigenvalue weighted by Gasteiger charge is 2.18. The van der Waals surface area contributed by atoms with Crippen LogP contribution in [0.5, 0.6) is 0 Å². The third-order valence-corrected chi connectivity index (χ3v) is 4.43. The van der Waals surface area contributed by atoms with Crippen molar-refractivity contribution >= 4 is 22.6 Å². The molecule has 2 heterocycles. The molecule has 0 unspecified atom stereocenters. The lowest BCUT2D eigenvalue weighted by molar-refractivity contribution is -0.122. The third-order valence-electron chi connectivity index (χ3n) is 4.43. The fourth-order valence-corrected chi connectivity index (χ4v) is 3.21. The van der Waals surface area contributed by atoms with E-state index in [9.17, 15) is 9.59 Å². The molecule has 0 spiro atoms. The van der Waals surface area contributed by atoms with Crippen LogP contribution < -0.4 is 5.32 Å². The van der Waals surface area contributed by atoms with E-state index in [-0.39, 0.29) is 24.3 Å². The van der Waals surface area contributed by atoms with Crippen molar-refractivity contribution in [3.8, 4) is 0 Å². The van der Waals surface area contributed by atoms with Crippen LogP contribution in [0.3, 0.4) is 0 Å². The molecule has 24 heavy (non-hydrogen) atoms. The Labute approximate surface area is 142 Å². The summed E-state index contributed by atoms with van der Waals surface area (Å²) in [5.41, 5.74) is 1.63. The first-order valence-corrected chi connectivity index (χ1v) is 8.68. The Bertz CT molecular complexity index is 729. The summed E-state index contributed by atoms with van der Waals surface area (Å²) in [6.45, 7) is 3.55. The van der Waals surface area contributed by atoms with Gasteiger partial charge in [-0.1, -0.05) is 25.1 Å². The molecular weight excluding hydrogens is 304 g/mol. The molecule has 2 aromatic rings. The summed E-state index contributed by atoms with van der Waals surface area (Å²) in [5.74, 6) is 0.0768. The van der Waals surface area contributed by atoms with E-state index < -0.39 is 0 Å². The summed E-state index contributed by atoms with van der Waals surface area (Å²) in [4.78, 5) is 24.6. The number of carbonyl (C=O) groups is 2. The number of Topliss-reactive ketones (excluding diaryl/α,β-unsaturated/α-hetero) is 1. The number of fused-ring (bicyclic) bond motifs is 1. The van der Waals surface area contributed by atoms with E-state index >= 15 is 0 Å². The minimum Gasteiger partial charge on any atom is -0.376 e. The van der Waals surface area contributed by atoms with Gasteiger partial charge >= 0.3 is 0 Å². The average molecular weight is 328 g/mol. The van der Waals surface area contributed by atoms with Crippen LogP contribution in [0.25, 0.3) is 10.9 Å². The largest absolute Gasteiger partial charge is 0.376 e. The molecule has 0 aliphatic carbocycles. The zero-order chi connectivity index (χ0) is 16.9. The van der Waals surface area contributed by atoms with Gasteiger partial charge < -0.3 is 14.6 Å². The number of ketones is 1.